The zero-order valence-electron chi connectivity index (χ0n) is 14.7. The molecule has 5 nitrogen and oxygen atoms in total. The van der Waals surface area contributed by atoms with Crippen LogP contribution in [0.3, 0.4) is 0 Å². The Bertz CT molecular complexity index is 856. The van der Waals surface area contributed by atoms with Crippen molar-refractivity contribution in [3.63, 3.8) is 0 Å². The third-order valence-electron chi connectivity index (χ3n) is 3.89. The summed E-state index contributed by atoms with van der Waals surface area (Å²) >= 11 is 0. The number of methoxy groups -OCH3 is 1. The number of nitrogens with one attached hydrogen (secondary N) is 1. The van der Waals surface area contributed by atoms with Crippen molar-refractivity contribution >= 4 is 10.0 Å². The van der Waals surface area contributed by atoms with Crippen molar-refractivity contribution in [3.05, 3.63) is 53.6 Å². The zero-order chi connectivity index (χ0) is 19.3. The molecule has 142 valence electrons. The van der Waals surface area contributed by atoms with Gasteiger partial charge >= 0.3 is 6.61 Å². The van der Waals surface area contributed by atoms with Crippen LogP contribution < -0.4 is 14.2 Å². The molecule has 1 atom stereocenters. The summed E-state index contributed by atoms with van der Waals surface area (Å²) in [6.07, 6.45) is 0.359. The molecule has 2 rings (SSSR count). The van der Waals surface area contributed by atoms with Crippen LogP contribution in [0.1, 0.15) is 30.5 Å². The van der Waals surface area contributed by atoms with Crippen molar-refractivity contribution in [2.45, 2.75) is 37.8 Å². The van der Waals surface area contributed by atoms with Crippen molar-refractivity contribution in [1.82, 2.24) is 4.72 Å². The van der Waals surface area contributed by atoms with E-state index in [4.69, 9.17) is 4.74 Å². The molecule has 0 aromatic heterocycles. The topological polar surface area (TPSA) is 64.6 Å². The van der Waals surface area contributed by atoms with Crippen LogP contribution in [0.4, 0.5) is 8.78 Å². The average molecular weight is 385 g/mol. The van der Waals surface area contributed by atoms with Gasteiger partial charge in [-0.05, 0) is 43.2 Å². The number of ether oxygens (including phenoxy) is 2. The summed E-state index contributed by atoms with van der Waals surface area (Å²) in [6.45, 7) is 0.424. The van der Waals surface area contributed by atoms with E-state index >= 15 is 0 Å². The van der Waals surface area contributed by atoms with Gasteiger partial charge in [-0.15, -0.1) is 0 Å². The number of rotatable bonds is 8. The third-order valence-corrected chi connectivity index (χ3v) is 5.52. The summed E-state index contributed by atoms with van der Waals surface area (Å²) in [5, 5.41) is 0. The van der Waals surface area contributed by atoms with E-state index in [0.717, 1.165) is 0 Å². The molecule has 0 aliphatic heterocycles. The summed E-state index contributed by atoms with van der Waals surface area (Å²) in [5.74, 6) is 0.493. The van der Waals surface area contributed by atoms with Gasteiger partial charge in [-0.2, -0.15) is 8.78 Å². The number of halogens is 2. The van der Waals surface area contributed by atoms with Gasteiger partial charge in [0.15, 0.2) is 0 Å². The Morgan fingerprint density at radius 1 is 1.15 bits per heavy atom. The highest BCUT2D eigenvalue weighted by Crippen LogP contribution is 2.30. The normalized spacial score (nSPS) is 12.8. The van der Waals surface area contributed by atoms with Crippen LogP contribution in [0.5, 0.6) is 11.5 Å². The molecule has 1 N–H and O–H groups in total. The second kappa shape index (κ2) is 8.46. The fraction of sp³-hybridized carbons (Fsp3) is 0.333. The maximum Gasteiger partial charge on any atom is 0.387 e. The number of sulfonamides is 1. The third kappa shape index (κ3) is 4.70. The van der Waals surface area contributed by atoms with Gasteiger partial charge in [-0.25, -0.2) is 13.1 Å². The van der Waals surface area contributed by atoms with E-state index in [2.05, 4.69) is 9.46 Å². The molecule has 0 heterocycles. The molecule has 0 spiro atoms. The number of para-hydroxylation sites is 1. The highest BCUT2D eigenvalue weighted by atomic mass is 32.2. The molecule has 0 saturated carbocycles. The van der Waals surface area contributed by atoms with Crippen LogP contribution in [-0.4, -0.2) is 22.1 Å². The Morgan fingerprint density at radius 3 is 2.42 bits per heavy atom. The van der Waals surface area contributed by atoms with E-state index in [0.29, 0.717) is 23.3 Å². The van der Waals surface area contributed by atoms with E-state index in [1.54, 1.807) is 44.2 Å². The van der Waals surface area contributed by atoms with Crippen molar-refractivity contribution in [2.75, 3.05) is 7.11 Å². The molecule has 0 fully saturated rings. The van der Waals surface area contributed by atoms with Crippen LogP contribution in [0.15, 0.2) is 47.4 Å². The molecule has 0 radical (unpaired) electrons. The number of hydrogen-bond acceptors (Lipinski definition) is 4. The minimum atomic E-state index is -3.87. The Kier molecular flexibility index (Phi) is 6.55. The van der Waals surface area contributed by atoms with Gasteiger partial charge in [-0.1, -0.05) is 25.1 Å². The first-order valence-electron chi connectivity index (χ1n) is 7.99. The van der Waals surface area contributed by atoms with Crippen LogP contribution in [0.2, 0.25) is 0 Å². The van der Waals surface area contributed by atoms with Gasteiger partial charge < -0.3 is 9.47 Å². The predicted octanol–water partition coefficient (Wildman–Crippen LogP) is 4.03. The fourth-order valence-corrected chi connectivity index (χ4v) is 4.16. The second-order valence-electron chi connectivity index (χ2n) is 5.63. The monoisotopic (exact) mass is 385 g/mol. The van der Waals surface area contributed by atoms with Gasteiger partial charge in [0.05, 0.1) is 18.0 Å². The Balaban J connectivity index is 2.35. The molecule has 0 bridgehead atoms. The first-order chi connectivity index (χ1) is 12.3. The van der Waals surface area contributed by atoms with Crippen molar-refractivity contribution in [3.8, 4) is 11.5 Å². The molecule has 0 aliphatic carbocycles. The summed E-state index contributed by atoms with van der Waals surface area (Å²) in [7, 11) is -2.37. The first-order valence-corrected chi connectivity index (χ1v) is 9.47. The summed E-state index contributed by atoms with van der Waals surface area (Å²) in [6, 6.07) is 10.0. The Morgan fingerprint density at radius 2 is 1.85 bits per heavy atom. The Hall–Kier alpha value is -2.19. The SMILES string of the molecule is CCC(NS(=O)(=O)c1ccc(OC)cc1C)c1ccccc1OC(F)F. The molecule has 8 heteroatoms. The lowest BCUT2D eigenvalue weighted by molar-refractivity contribution is -0.0506. The van der Waals surface area contributed by atoms with Gasteiger partial charge in [0.25, 0.3) is 0 Å². The smallest absolute Gasteiger partial charge is 0.387 e. The van der Waals surface area contributed by atoms with Gasteiger partial charge in [0.1, 0.15) is 11.5 Å². The largest absolute Gasteiger partial charge is 0.497 e. The van der Waals surface area contributed by atoms with Crippen LogP contribution in [-0.2, 0) is 10.0 Å². The van der Waals surface area contributed by atoms with Gasteiger partial charge in [-0.3, -0.25) is 0 Å². The fourth-order valence-electron chi connectivity index (χ4n) is 2.64. The van der Waals surface area contributed by atoms with Crippen molar-refractivity contribution in [1.29, 1.82) is 0 Å². The van der Waals surface area contributed by atoms with E-state index in [-0.39, 0.29) is 10.6 Å². The average Bonchev–Trinajstić information content (AvgIpc) is 2.59. The van der Waals surface area contributed by atoms with Gasteiger partial charge in [0, 0.05) is 5.56 Å². The number of hydrogen-bond donors (Lipinski definition) is 1. The number of alkyl halides is 2. The zero-order valence-corrected chi connectivity index (χ0v) is 15.5. The lowest BCUT2D eigenvalue weighted by Gasteiger charge is -2.21. The second-order valence-corrected chi connectivity index (χ2v) is 7.31. The first kappa shape index (κ1) is 20.1. The molecule has 2 aromatic rings. The highest BCUT2D eigenvalue weighted by Gasteiger charge is 2.24. The summed E-state index contributed by atoms with van der Waals surface area (Å²) < 4.78 is 63.0. The molecule has 1 unspecified atom stereocenters. The lowest BCUT2D eigenvalue weighted by Crippen LogP contribution is -2.29. The van der Waals surface area contributed by atoms with Crippen LogP contribution in [0, 0.1) is 6.92 Å². The maximum atomic E-state index is 12.8. The van der Waals surface area contributed by atoms with E-state index in [9.17, 15) is 17.2 Å². The minimum Gasteiger partial charge on any atom is -0.497 e. The summed E-state index contributed by atoms with van der Waals surface area (Å²) in [5.41, 5.74) is 0.869. The molecule has 0 saturated heterocycles. The van der Waals surface area contributed by atoms with Gasteiger partial charge in [0.2, 0.25) is 10.0 Å². The van der Waals surface area contributed by atoms with Crippen molar-refractivity contribution < 1.29 is 26.7 Å². The predicted molar refractivity (Wildman–Crippen MR) is 94.2 cm³/mol. The molecule has 0 aliphatic rings. The van der Waals surface area contributed by atoms with Crippen LogP contribution >= 0.6 is 0 Å². The Labute approximate surface area is 152 Å². The number of benzene rings is 2. The highest BCUT2D eigenvalue weighted by molar-refractivity contribution is 7.89. The molecular weight excluding hydrogens is 364 g/mol. The van der Waals surface area contributed by atoms with Crippen molar-refractivity contribution in [2.24, 2.45) is 0 Å². The maximum absolute atomic E-state index is 12.8. The lowest BCUT2D eigenvalue weighted by atomic mass is 10.0. The van der Waals surface area contributed by atoms with E-state index < -0.39 is 22.7 Å². The summed E-state index contributed by atoms with van der Waals surface area (Å²) in [4.78, 5) is 0.101. The molecule has 2 aromatic carbocycles. The van der Waals surface area contributed by atoms with Crippen LogP contribution in [0.25, 0.3) is 0 Å². The quantitative estimate of drug-likeness (QED) is 0.745. The number of aryl methyl sites for hydroxylation is 1. The minimum absolute atomic E-state index is 0.0523. The molecule has 0 amide bonds. The van der Waals surface area contributed by atoms with E-state index in [1.165, 1.54) is 19.2 Å². The standard InChI is InChI=1S/C18H21F2NO4S/c1-4-15(14-7-5-6-8-16(14)25-18(19)20)21-26(22,23)17-10-9-13(24-3)11-12(17)2/h5-11,15,18,21H,4H2,1-3H3. The van der Waals surface area contributed by atoms with E-state index in [1.807, 2.05) is 0 Å². The molecule has 26 heavy (non-hydrogen) atoms. The molecular formula is C18H21F2NO4S.